The lowest BCUT2D eigenvalue weighted by molar-refractivity contribution is 0.0491. The highest BCUT2D eigenvalue weighted by atomic mass is 16.3. The molecule has 3 nitrogen and oxygen atoms in total. The molecular formula is C14H20N2O. The Morgan fingerprint density at radius 3 is 2.65 bits per heavy atom. The fourth-order valence-corrected chi connectivity index (χ4v) is 1.90. The normalized spacial score (nSPS) is 14.1. The lowest BCUT2D eigenvalue weighted by atomic mass is 9.89. The van der Waals surface area contributed by atoms with Gasteiger partial charge in [0.05, 0.1) is 17.3 Å². The quantitative estimate of drug-likeness (QED) is 0.782. The molecule has 0 fully saturated rings. The van der Waals surface area contributed by atoms with Gasteiger partial charge in [-0.05, 0) is 17.5 Å². The van der Waals surface area contributed by atoms with E-state index in [0.29, 0.717) is 6.54 Å². The fourth-order valence-electron chi connectivity index (χ4n) is 1.90. The third-order valence-corrected chi connectivity index (χ3v) is 3.19. The Hall–Kier alpha value is -1.48. The maximum atomic E-state index is 10.1. The SMILES string of the molecule is CC(C)(C)C(O)Cn1ccc2cccc(N)c21. The van der Waals surface area contributed by atoms with Crippen LogP contribution in [0.2, 0.25) is 0 Å². The van der Waals surface area contributed by atoms with Gasteiger partial charge in [-0.3, -0.25) is 0 Å². The molecule has 0 aliphatic rings. The monoisotopic (exact) mass is 232 g/mol. The van der Waals surface area contributed by atoms with E-state index in [0.717, 1.165) is 16.6 Å². The smallest absolute Gasteiger partial charge is 0.0767 e. The highest BCUT2D eigenvalue weighted by Gasteiger charge is 2.22. The van der Waals surface area contributed by atoms with Crippen molar-refractivity contribution in [3.63, 3.8) is 0 Å². The van der Waals surface area contributed by atoms with E-state index in [4.69, 9.17) is 5.73 Å². The minimum Gasteiger partial charge on any atom is -0.397 e. The van der Waals surface area contributed by atoms with Crippen molar-refractivity contribution >= 4 is 16.6 Å². The van der Waals surface area contributed by atoms with Crippen LogP contribution in [0.15, 0.2) is 30.5 Å². The van der Waals surface area contributed by atoms with Gasteiger partial charge in [0.1, 0.15) is 0 Å². The lowest BCUT2D eigenvalue weighted by Crippen LogP contribution is -2.30. The van der Waals surface area contributed by atoms with Gasteiger partial charge in [0.15, 0.2) is 0 Å². The summed E-state index contributed by atoms with van der Waals surface area (Å²) in [5.41, 5.74) is 7.63. The molecule has 92 valence electrons. The predicted octanol–water partition coefficient (Wildman–Crippen LogP) is 2.63. The van der Waals surface area contributed by atoms with Crippen LogP contribution < -0.4 is 5.73 Å². The third-order valence-electron chi connectivity index (χ3n) is 3.19. The zero-order valence-electron chi connectivity index (χ0n) is 10.6. The summed E-state index contributed by atoms with van der Waals surface area (Å²) in [5, 5.41) is 11.3. The molecule has 1 heterocycles. The van der Waals surface area contributed by atoms with Gasteiger partial charge in [0.25, 0.3) is 0 Å². The largest absolute Gasteiger partial charge is 0.397 e. The number of anilines is 1. The molecule has 0 radical (unpaired) electrons. The van der Waals surface area contributed by atoms with Crippen LogP contribution in [0.1, 0.15) is 20.8 Å². The van der Waals surface area contributed by atoms with Crippen LogP contribution in [-0.4, -0.2) is 15.8 Å². The second-order valence-electron chi connectivity index (χ2n) is 5.63. The molecule has 1 aromatic carbocycles. The Bertz CT molecular complexity index is 522. The minimum absolute atomic E-state index is 0.125. The Balaban J connectivity index is 2.37. The molecule has 0 spiro atoms. The number of hydrogen-bond donors (Lipinski definition) is 2. The first-order valence-corrected chi connectivity index (χ1v) is 5.91. The van der Waals surface area contributed by atoms with Crippen LogP contribution in [0.25, 0.3) is 10.9 Å². The molecule has 17 heavy (non-hydrogen) atoms. The van der Waals surface area contributed by atoms with Crippen LogP contribution in [0.3, 0.4) is 0 Å². The van der Waals surface area contributed by atoms with E-state index in [9.17, 15) is 5.11 Å². The number of benzene rings is 1. The summed E-state index contributed by atoms with van der Waals surface area (Å²) >= 11 is 0. The van der Waals surface area contributed by atoms with Gasteiger partial charge in [0, 0.05) is 18.1 Å². The molecule has 0 aliphatic carbocycles. The zero-order chi connectivity index (χ0) is 12.6. The van der Waals surface area contributed by atoms with Gasteiger partial charge < -0.3 is 15.4 Å². The van der Waals surface area contributed by atoms with Crippen LogP contribution >= 0.6 is 0 Å². The Labute approximate surface area is 102 Å². The van der Waals surface area contributed by atoms with Gasteiger partial charge in [-0.15, -0.1) is 0 Å². The number of rotatable bonds is 2. The molecule has 0 saturated heterocycles. The second kappa shape index (κ2) is 4.08. The molecule has 2 aromatic rings. The van der Waals surface area contributed by atoms with Crippen LogP contribution in [0.4, 0.5) is 5.69 Å². The van der Waals surface area contributed by atoms with Crippen LogP contribution in [0.5, 0.6) is 0 Å². The maximum absolute atomic E-state index is 10.1. The first kappa shape index (κ1) is 12.0. The van der Waals surface area contributed by atoms with Crippen molar-refractivity contribution in [2.75, 3.05) is 5.73 Å². The molecule has 1 atom stereocenters. The van der Waals surface area contributed by atoms with Crippen molar-refractivity contribution in [2.24, 2.45) is 5.41 Å². The van der Waals surface area contributed by atoms with Crippen molar-refractivity contribution in [3.8, 4) is 0 Å². The lowest BCUT2D eigenvalue weighted by Gasteiger charge is -2.26. The van der Waals surface area contributed by atoms with Crippen molar-refractivity contribution in [1.29, 1.82) is 0 Å². The predicted molar refractivity (Wildman–Crippen MR) is 71.8 cm³/mol. The van der Waals surface area contributed by atoms with E-state index in [1.807, 2.05) is 55.8 Å². The summed E-state index contributed by atoms with van der Waals surface area (Å²) in [6.07, 6.45) is 1.59. The highest BCUT2D eigenvalue weighted by molar-refractivity contribution is 5.90. The maximum Gasteiger partial charge on any atom is 0.0767 e. The Kier molecular flexibility index (Phi) is 2.87. The Morgan fingerprint density at radius 1 is 1.29 bits per heavy atom. The van der Waals surface area contributed by atoms with E-state index in [1.165, 1.54) is 0 Å². The molecule has 2 rings (SSSR count). The number of nitrogens with two attached hydrogens (primary N) is 1. The number of aliphatic hydroxyl groups is 1. The van der Waals surface area contributed by atoms with E-state index in [1.54, 1.807) is 0 Å². The average molecular weight is 232 g/mol. The molecule has 3 N–H and O–H groups in total. The van der Waals surface area contributed by atoms with Gasteiger partial charge in [0.2, 0.25) is 0 Å². The first-order valence-electron chi connectivity index (χ1n) is 5.91. The van der Waals surface area contributed by atoms with Gasteiger partial charge in [-0.2, -0.15) is 0 Å². The highest BCUT2D eigenvalue weighted by Crippen LogP contribution is 2.25. The molecule has 0 bridgehead atoms. The number of aromatic nitrogens is 1. The summed E-state index contributed by atoms with van der Waals surface area (Å²) in [5.74, 6) is 0. The van der Waals surface area contributed by atoms with Crippen molar-refractivity contribution < 1.29 is 5.11 Å². The summed E-state index contributed by atoms with van der Waals surface area (Å²) in [4.78, 5) is 0. The van der Waals surface area contributed by atoms with Crippen molar-refractivity contribution in [2.45, 2.75) is 33.4 Å². The fraction of sp³-hybridized carbons (Fsp3) is 0.429. The minimum atomic E-state index is -0.391. The van der Waals surface area contributed by atoms with Crippen LogP contribution in [0, 0.1) is 5.41 Å². The van der Waals surface area contributed by atoms with Gasteiger partial charge >= 0.3 is 0 Å². The molecule has 0 amide bonds. The average Bonchev–Trinajstić information content (AvgIpc) is 2.61. The summed E-state index contributed by atoms with van der Waals surface area (Å²) in [7, 11) is 0. The topological polar surface area (TPSA) is 51.2 Å². The summed E-state index contributed by atoms with van der Waals surface area (Å²) in [6, 6.07) is 7.90. The van der Waals surface area contributed by atoms with E-state index in [2.05, 4.69) is 0 Å². The molecule has 0 saturated carbocycles. The van der Waals surface area contributed by atoms with Crippen molar-refractivity contribution in [3.05, 3.63) is 30.5 Å². The number of nitrogen functional groups attached to an aromatic ring is 1. The molecule has 1 aromatic heterocycles. The zero-order valence-corrected chi connectivity index (χ0v) is 10.6. The van der Waals surface area contributed by atoms with E-state index < -0.39 is 6.10 Å². The Morgan fingerprint density at radius 2 is 2.00 bits per heavy atom. The summed E-state index contributed by atoms with van der Waals surface area (Å²) < 4.78 is 2.03. The number of para-hydroxylation sites is 1. The molecule has 1 unspecified atom stereocenters. The third kappa shape index (κ3) is 2.29. The number of hydrogen-bond acceptors (Lipinski definition) is 2. The summed E-state index contributed by atoms with van der Waals surface area (Å²) in [6.45, 7) is 6.67. The number of aliphatic hydroxyl groups excluding tert-OH is 1. The van der Waals surface area contributed by atoms with Crippen molar-refractivity contribution in [1.82, 2.24) is 4.57 Å². The number of nitrogens with zero attached hydrogens (tertiary/aromatic N) is 1. The molecular weight excluding hydrogens is 212 g/mol. The van der Waals surface area contributed by atoms with Gasteiger partial charge in [-0.1, -0.05) is 32.9 Å². The molecule has 0 aliphatic heterocycles. The van der Waals surface area contributed by atoms with Crippen LogP contribution in [-0.2, 0) is 6.54 Å². The molecule has 3 heteroatoms. The standard InChI is InChI=1S/C14H20N2O/c1-14(2,3)12(17)9-16-8-7-10-5-4-6-11(15)13(10)16/h4-8,12,17H,9,15H2,1-3H3. The second-order valence-corrected chi connectivity index (χ2v) is 5.63. The van der Waals surface area contributed by atoms with Gasteiger partial charge in [-0.25, -0.2) is 0 Å². The van der Waals surface area contributed by atoms with E-state index >= 15 is 0 Å². The number of fused-ring (bicyclic) bond motifs is 1. The first-order chi connectivity index (χ1) is 7.89. The van der Waals surface area contributed by atoms with E-state index in [-0.39, 0.29) is 5.41 Å².